The van der Waals surface area contributed by atoms with Crippen LogP contribution in [0.25, 0.3) is 0 Å². The summed E-state index contributed by atoms with van der Waals surface area (Å²) in [6.07, 6.45) is -0.317. The van der Waals surface area contributed by atoms with Gasteiger partial charge in [0.25, 0.3) is 0 Å². The molecular formula is C22H28F3N5O2. The van der Waals surface area contributed by atoms with Crippen molar-refractivity contribution in [3.05, 3.63) is 47.3 Å². The smallest absolute Gasteiger partial charge is 0.407 e. The normalized spacial score (nSPS) is 18.9. The number of nitrogens with two attached hydrogens (primary N) is 1. The maximum atomic E-state index is 14.6. The summed E-state index contributed by atoms with van der Waals surface area (Å²) in [4.78, 5) is 18.9. The van der Waals surface area contributed by atoms with E-state index < -0.39 is 41.1 Å². The first-order chi connectivity index (χ1) is 15.0. The van der Waals surface area contributed by atoms with Gasteiger partial charge < -0.3 is 26.0 Å². The van der Waals surface area contributed by atoms with Gasteiger partial charge in [0.1, 0.15) is 17.2 Å². The zero-order valence-electron chi connectivity index (χ0n) is 18.5. The zero-order chi connectivity index (χ0) is 23.6. The van der Waals surface area contributed by atoms with Crippen molar-refractivity contribution in [1.82, 2.24) is 10.3 Å². The van der Waals surface area contributed by atoms with Crippen LogP contribution in [0.15, 0.2) is 24.3 Å². The topological polar surface area (TPSA) is 92.5 Å². The first-order valence-corrected chi connectivity index (χ1v) is 10.3. The lowest BCUT2D eigenvalue weighted by molar-refractivity contribution is 0.0492. The van der Waals surface area contributed by atoms with Crippen LogP contribution in [0, 0.1) is 17.5 Å². The van der Waals surface area contributed by atoms with E-state index in [9.17, 15) is 18.0 Å². The fourth-order valence-electron chi connectivity index (χ4n) is 3.80. The Morgan fingerprint density at radius 3 is 2.53 bits per heavy atom. The molecule has 0 bridgehead atoms. The minimum Gasteiger partial charge on any atom is -0.444 e. The number of ether oxygens (including phenoxy) is 1. The highest BCUT2D eigenvalue weighted by Crippen LogP contribution is 2.34. The minimum atomic E-state index is -1.26. The van der Waals surface area contributed by atoms with Gasteiger partial charge in [0.05, 0.1) is 11.7 Å². The van der Waals surface area contributed by atoms with E-state index in [4.69, 9.17) is 10.5 Å². The SMILES string of the molecule is CNc1nc(N2CC[C@H](c3cc(F)c(F)cc3F)[C@@H](NC(=O)OC(C)(C)C)C2)ccc1N. The van der Waals surface area contributed by atoms with Crippen LogP contribution in [-0.2, 0) is 4.74 Å². The van der Waals surface area contributed by atoms with Crippen molar-refractivity contribution in [2.24, 2.45) is 0 Å². The second-order valence-corrected chi connectivity index (χ2v) is 8.74. The molecule has 2 heterocycles. The molecule has 32 heavy (non-hydrogen) atoms. The predicted octanol–water partition coefficient (Wildman–Crippen LogP) is 4.01. The minimum absolute atomic E-state index is 0.00536. The summed E-state index contributed by atoms with van der Waals surface area (Å²) in [5.41, 5.74) is 5.65. The van der Waals surface area contributed by atoms with E-state index in [1.165, 1.54) is 0 Å². The van der Waals surface area contributed by atoms with Crippen molar-refractivity contribution in [1.29, 1.82) is 0 Å². The highest BCUT2D eigenvalue weighted by Gasteiger charge is 2.35. The number of hydrogen-bond acceptors (Lipinski definition) is 6. The number of nitrogens with one attached hydrogen (secondary N) is 2. The molecule has 1 aromatic heterocycles. The maximum absolute atomic E-state index is 14.6. The average molecular weight is 451 g/mol. The summed E-state index contributed by atoms with van der Waals surface area (Å²) >= 11 is 0. The van der Waals surface area contributed by atoms with Gasteiger partial charge in [-0.05, 0) is 51.0 Å². The highest BCUT2D eigenvalue weighted by molar-refractivity contribution is 5.69. The zero-order valence-corrected chi connectivity index (χ0v) is 18.5. The molecule has 10 heteroatoms. The molecule has 0 radical (unpaired) electrons. The molecule has 2 aromatic rings. The molecule has 7 nitrogen and oxygen atoms in total. The number of nitrogens with zero attached hydrogens (tertiary/aromatic N) is 2. The van der Waals surface area contributed by atoms with Crippen molar-refractivity contribution in [2.45, 2.75) is 44.8 Å². The number of anilines is 3. The van der Waals surface area contributed by atoms with Gasteiger partial charge >= 0.3 is 6.09 Å². The summed E-state index contributed by atoms with van der Waals surface area (Å²) < 4.78 is 47.3. The molecule has 1 aromatic carbocycles. The molecule has 1 amide bonds. The van der Waals surface area contributed by atoms with Crippen LogP contribution in [0.1, 0.15) is 38.7 Å². The lowest BCUT2D eigenvalue weighted by atomic mass is 9.84. The Morgan fingerprint density at radius 2 is 1.88 bits per heavy atom. The number of rotatable bonds is 4. The summed E-state index contributed by atoms with van der Waals surface area (Å²) in [5, 5.41) is 5.69. The van der Waals surface area contributed by atoms with Crippen molar-refractivity contribution in [3.8, 4) is 0 Å². The molecule has 3 rings (SSSR count). The van der Waals surface area contributed by atoms with E-state index in [1.54, 1.807) is 40.0 Å². The van der Waals surface area contributed by atoms with E-state index in [0.29, 0.717) is 36.4 Å². The van der Waals surface area contributed by atoms with Crippen LogP contribution in [0.4, 0.5) is 35.3 Å². The molecule has 0 aliphatic carbocycles. The fourth-order valence-corrected chi connectivity index (χ4v) is 3.80. The van der Waals surface area contributed by atoms with Crippen LogP contribution >= 0.6 is 0 Å². The molecule has 0 unspecified atom stereocenters. The number of aromatic nitrogens is 1. The van der Waals surface area contributed by atoms with Gasteiger partial charge in [0.2, 0.25) is 0 Å². The number of amides is 1. The largest absolute Gasteiger partial charge is 0.444 e. The average Bonchev–Trinajstić information content (AvgIpc) is 2.70. The number of benzene rings is 1. The van der Waals surface area contributed by atoms with E-state index in [2.05, 4.69) is 15.6 Å². The quantitative estimate of drug-likeness (QED) is 0.609. The Bertz CT molecular complexity index is 996. The van der Waals surface area contributed by atoms with E-state index in [1.807, 2.05) is 4.90 Å². The van der Waals surface area contributed by atoms with Gasteiger partial charge in [0.15, 0.2) is 17.5 Å². The Labute approximate surface area is 185 Å². The molecule has 1 aliphatic rings. The number of hydrogen-bond donors (Lipinski definition) is 3. The van der Waals surface area contributed by atoms with E-state index in [-0.39, 0.29) is 12.1 Å². The standard InChI is InChI=1S/C22H28F3N5O2/c1-22(2,3)32-21(31)28-18-11-30(19-6-5-17(26)20(27-4)29-19)8-7-12(18)13-9-15(24)16(25)10-14(13)23/h5-6,9-10,12,18H,7-8,11,26H2,1-4H3,(H,27,29)(H,28,31)/t12-,18+/m1/s1. The second kappa shape index (κ2) is 9.13. The molecule has 1 fully saturated rings. The lowest BCUT2D eigenvalue weighted by Crippen LogP contribution is -2.53. The number of piperidine rings is 1. The Morgan fingerprint density at radius 1 is 1.19 bits per heavy atom. The first kappa shape index (κ1) is 23.5. The van der Waals surface area contributed by atoms with Crippen LogP contribution in [0.2, 0.25) is 0 Å². The van der Waals surface area contributed by atoms with E-state index in [0.717, 1.165) is 6.07 Å². The number of carbonyl (C=O) groups excluding carboxylic acids is 1. The van der Waals surface area contributed by atoms with Crippen molar-refractivity contribution < 1.29 is 22.7 Å². The summed E-state index contributed by atoms with van der Waals surface area (Å²) in [6, 6.07) is 4.21. The molecule has 0 saturated carbocycles. The molecule has 0 spiro atoms. The molecule has 4 N–H and O–H groups in total. The maximum Gasteiger partial charge on any atom is 0.407 e. The number of pyridine rings is 1. The second-order valence-electron chi connectivity index (χ2n) is 8.74. The Balaban J connectivity index is 1.91. The third kappa shape index (κ3) is 5.35. The van der Waals surface area contributed by atoms with Gasteiger partial charge in [-0.1, -0.05) is 0 Å². The molecule has 174 valence electrons. The van der Waals surface area contributed by atoms with Crippen LogP contribution in [0.3, 0.4) is 0 Å². The van der Waals surface area contributed by atoms with Crippen LogP contribution in [-0.4, -0.2) is 42.9 Å². The van der Waals surface area contributed by atoms with Crippen molar-refractivity contribution in [2.75, 3.05) is 36.1 Å². The third-order valence-electron chi connectivity index (χ3n) is 5.23. The Hall–Kier alpha value is -3.17. The monoisotopic (exact) mass is 451 g/mol. The van der Waals surface area contributed by atoms with Gasteiger partial charge in [-0.2, -0.15) is 0 Å². The van der Waals surface area contributed by atoms with Gasteiger partial charge in [-0.3, -0.25) is 0 Å². The molecular weight excluding hydrogens is 423 g/mol. The number of carbonyl (C=O) groups is 1. The van der Waals surface area contributed by atoms with Gasteiger partial charge in [-0.15, -0.1) is 0 Å². The van der Waals surface area contributed by atoms with Crippen molar-refractivity contribution >= 4 is 23.4 Å². The molecule has 1 saturated heterocycles. The Kier molecular flexibility index (Phi) is 6.71. The van der Waals surface area contributed by atoms with Gasteiger partial charge in [0, 0.05) is 32.1 Å². The number of alkyl carbamates (subject to hydrolysis) is 1. The molecule has 1 aliphatic heterocycles. The number of halogens is 3. The fraction of sp³-hybridized carbons (Fsp3) is 0.455. The summed E-state index contributed by atoms with van der Waals surface area (Å²) in [5.74, 6) is -2.73. The third-order valence-corrected chi connectivity index (χ3v) is 5.23. The highest BCUT2D eigenvalue weighted by atomic mass is 19.2. The van der Waals surface area contributed by atoms with Gasteiger partial charge in [-0.25, -0.2) is 22.9 Å². The predicted molar refractivity (Wildman–Crippen MR) is 117 cm³/mol. The number of nitrogen functional groups attached to an aromatic ring is 1. The van der Waals surface area contributed by atoms with Crippen LogP contribution in [0.5, 0.6) is 0 Å². The van der Waals surface area contributed by atoms with Crippen LogP contribution < -0.4 is 21.3 Å². The van der Waals surface area contributed by atoms with Crippen molar-refractivity contribution in [3.63, 3.8) is 0 Å². The molecule has 2 atom stereocenters. The lowest BCUT2D eigenvalue weighted by Gasteiger charge is -2.40. The van der Waals surface area contributed by atoms with E-state index >= 15 is 0 Å². The summed E-state index contributed by atoms with van der Waals surface area (Å²) in [6.45, 7) is 5.88. The summed E-state index contributed by atoms with van der Waals surface area (Å²) in [7, 11) is 1.70. The first-order valence-electron chi connectivity index (χ1n) is 10.3.